The highest BCUT2D eigenvalue weighted by Crippen LogP contribution is 2.21. The largest absolute Gasteiger partial charge is 0.492 e. The summed E-state index contributed by atoms with van der Waals surface area (Å²) in [6.45, 7) is 9.55. The number of carboxylic acids is 1. The number of ether oxygens (including phenoxy) is 3. The molecule has 8 nitrogen and oxygen atoms in total. The first kappa shape index (κ1) is 31.6. The van der Waals surface area contributed by atoms with Crippen LogP contribution in [0.25, 0.3) is 0 Å². The lowest BCUT2D eigenvalue weighted by atomic mass is 10.1. The van der Waals surface area contributed by atoms with E-state index in [0.29, 0.717) is 32.1 Å². The predicted molar refractivity (Wildman–Crippen MR) is 156 cm³/mol. The summed E-state index contributed by atoms with van der Waals surface area (Å²) in [7, 11) is 0. The zero-order valence-electron chi connectivity index (χ0n) is 24.1. The van der Waals surface area contributed by atoms with Gasteiger partial charge in [0.1, 0.15) is 18.2 Å². The Morgan fingerprint density at radius 2 is 1.54 bits per heavy atom. The van der Waals surface area contributed by atoms with E-state index in [1.165, 1.54) is 12.1 Å². The predicted octanol–water partition coefficient (Wildman–Crippen LogP) is 5.91. The van der Waals surface area contributed by atoms with Crippen LogP contribution in [-0.2, 0) is 27.3 Å². The first-order valence-corrected chi connectivity index (χ1v) is 13.7. The molecule has 41 heavy (non-hydrogen) atoms. The lowest BCUT2D eigenvalue weighted by Crippen LogP contribution is -2.40. The second-order valence-electron chi connectivity index (χ2n) is 9.83. The molecule has 1 atom stereocenters. The van der Waals surface area contributed by atoms with Gasteiger partial charge in [0.05, 0.1) is 19.8 Å². The summed E-state index contributed by atoms with van der Waals surface area (Å²) in [6, 6.07) is 17.0. The van der Waals surface area contributed by atoms with Crippen LogP contribution < -0.4 is 10.1 Å². The number of carboxylic acid groups (broad SMARTS) is 1. The van der Waals surface area contributed by atoms with E-state index >= 15 is 0 Å². The number of anilines is 1. The number of carbonyl (C=O) groups is 2. The van der Waals surface area contributed by atoms with Crippen molar-refractivity contribution in [2.75, 3.05) is 38.2 Å². The first-order chi connectivity index (χ1) is 19.7. The van der Waals surface area contributed by atoms with Gasteiger partial charge in [-0.3, -0.25) is 0 Å². The smallest absolute Gasteiger partial charge is 0.333 e. The summed E-state index contributed by atoms with van der Waals surface area (Å²) in [5.74, 6) is -0.694. The molecule has 0 heterocycles. The van der Waals surface area contributed by atoms with Crippen molar-refractivity contribution >= 4 is 17.7 Å². The van der Waals surface area contributed by atoms with Gasteiger partial charge in [-0.15, -0.1) is 0 Å². The van der Waals surface area contributed by atoms with Gasteiger partial charge in [-0.1, -0.05) is 30.3 Å². The first-order valence-electron chi connectivity index (χ1n) is 13.7. The number of nitrogens with zero attached hydrogens (tertiary/aromatic N) is 1. The van der Waals surface area contributed by atoms with Crippen LogP contribution in [0.5, 0.6) is 5.75 Å². The van der Waals surface area contributed by atoms with Gasteiger partial charge in [-0.25, -0.2) is 14.0 Å². The molecule has 9 heteroatoms. The molecule has 0 fully saturated rings. The normalized spacial score (nSPS) is 11.6. The number of halogens is 1. The molecule has 2 N–H and O–H groups in total. The van der Waals surface area contributed by atoms with E-state index in [2.05, 4.69) is 5.32 Å². The van der Waals surface area contributed by atoms with Gasteiger partial charge in [0.2, 0.25) is 0 Å². The maximum absolute atomic E-state index is 13.3. The highest BCUT2D eigenvalue weighted by atomic mass is 19.1. The fourth-order valence-corrected chi connectivity index (χ4v) is 4.18. The summed E-state index contributed by atoms with van der Waals surface area (Å²) in [5, 5.41) is 12.3. The van der Waals surface area contributed by atoms with Crippen molar-refractivity contribution in [2.45, 2.75) is 46.8 Å². The number of nitrogens with one attached hydrogen (secondary N) is 1. The molecule has 0 bridgehead atoms. The summed E-state index contributed by atoms with van der Waals surface area (Å²) in [4.78, 5) is 26.3. The van der Waals surface area contributed by atoms with Gasteiger partial charge < -0.3 is 29.5 Å². The molecule has 0 aliphatic carbocycles. The maximum atomic E-state index is 13.3. The summed E-state index contributed by atoms with van der Waals surface area (Å²) >= 11 is 0. The molecule has 220 valence electrons. The van der Waals surface area contributed by atoms with Gasteiger partial charge in [-0.05, 0) is 85.8 Å². The molecule has 0 aliphatic heterocycles. The third kappa shape index (κ3) is 10.2. The Morgan fingerprint density at radius 1 is 0.902 bits per heavy atom. The van der Waals surface area contributed by atoms with Gasteiger partial charge in [0.25, 0.3) is 0 Å². The number of hydrogen-bond donors (Lipinski definition) is 2. The molecule has 0 saturated carbocycles. The highest BCUT2D eigenvalue weighted by molar-refractivity contribution is 5.90. The number of amides is 2. The van der Waals surface area contributed by atoms with E-state index < -0.39 is 12.1 Å². The van der Waals surface area contributed by atoms with Crippen molar-refractivity contribution < 1.29 is 33.3 Å². The van der Waals surface area contributed by atoms with Crippen LogP contribution in [0.3, 0.4) is 0 Å². The molecule has 3 rings (SSSR count). The number of hydrogen-bond acceptors (Lipinski definition) is 5. The SMILES string of the molecule is CCOC(Cc1ccc(OCCN(CCOCc2ccc(F)cc2)C(=O)Nc2cc(C)c(C)cc2C)cc1)C(=O)O. The molecule has 0 aromatic heterocycles. The highest BCUT2D eigenvalue weighted by Gasteiger charge is 2.18. The lowest BCUT2D eigenvalue weighted by Gasteiger charge is -2.24. The zero-order valence-corrected chi connectivity index (χ0v) is 24.1. The summed E-state index contributed by atoms with van der Waals surface area (Å²) in [6.07, 6.45) is -0.641. The fraction of sp³-hybridized carbons (Fsp3) is 0.375. The number of aryl methyl sites for hydroxylation is 3. The number of urea groups is 1. The standard InChI is InChI=1S/C32H39FN2O6/c1-5-40-30(31(36)37)20-25-8-12-28(13-9-25)41-17-15-35(14-16-39-21-26-6-10-27(33)11-7-26)32(38)34-29-19-23(3)22(2)18-24(29)4/h6-13,18-19,30H,5,14-17,20-21H2,1-4H3,(H,34,38)(H,36,37). The number of aliphatic carboxylic acids is 1. The van der Waals surface area contributed by atoms with Crippen molar-refractivity contribution in [3.05, 3.63) is 94.3 Å². The molecule has 0 spiro atoms. The average Bonchev–Trinajstić information content (AvgIpc) is 2.94. The minimum absolute atomic E-state index is 0.243. The topological polar surface area (TPSA) is 97.3 Å². The van der Waals surface area contributed by atoms with E-state index in [4.69, 9.17) is 14.2 Å². The van der Waals surface area contributed by atoms with Crippen molar-refractivity contribution in [1.29, 1.82) is 0 Å². The Balaban J connectivity index is 1.59. The molecular weight excluding hydrogens is 527 g/mol. The van der Waals surface area contributed by atoms with E-state index in [1.807, 2.05) is 32.9 Å². The van der Waals surface area contributed by atoms with Crippen LogP contribution in [0.1, 0.15) is 34.7 Å². The maximum Gasteiger partial charge on any atom is 0.333 e. The molecule has 1 unspecified atom stereocenters. The van der Waals surface area contributed by atoms with Crippen LogP contribution >= 0.6 is 0 Å². The van der Waals surface area contributed by atoms with Gasteiger partial charge in [0, 0.05) is 25.3 Å². The van der Waals surface area contributed by atoms with Crippen LogP contribution in [0.15, 0.2) is 60.7 Å². The van der Waals surface area contributed by atoms with Gasteiger partial charge in [-0.2, -0.15) is 0 Å². The molecular formula is C32H39FN2O6. The lowest BCUT2D eigenvalue weighted by molar-refractivity contribution is -0.149. The van der Waals surface area contributed by atoms with Crippen LogP contribution in [0.2, 0.25) is 0 Å². The van der Waals surface area contributed by atoms with Crippen LogP contribution in [-0.4, -0.2) is 61.0 Å². The molecule has 3 aromatic carbocycles. The zero-order chi connectivity index (χ0) is 29.8. The van der Waals surface area contributed by atoms with Crippen molar-refractivity contribution in [3.63, 3.8) is 0 Å². The summed E-state index contributed by atoms with van der Waals surface area (Å²) in [5.41, 5.74) is 5.63. The molecule has 0 saturated heterocycles. The van der Waals surface area contributed by atoms with Crippen LogP contribution in [0.4, 0.5) is 14.9 Å². The minimum atomic E-state index is -0.997. The van der Waals surface area contributed by atoms with E-state index in [9.17, 15) is 19.1 Å². The van der Waals surface area contributed by atoms with Crippen molar-refractivity contribution in [3.8, 4) is 5.75 Å². The van der Waals surface area contributed by atoms with E-state index in [1.54, 1.807) is 48.2 Å². The second kappa shape index (κ2) is 15.7. The molecule has 0 radical (unpaired) electrons. The van der Waals surface area contributed by atoms with E-state index in [0.717, 1.165) is 33.5 Å². The number of carbonyl (C=O) groups excluding carboxylic acids is 1. The molecule has 3 aromatic rings. The Hall–Kier alpha value is -3.95. The Morgan fingerprint density at radius 3 is 2.20 bits per heavy atom. The Kier molecular flexibility index (Phi) is 12.1. The third-order valence-corrected chi connectivity index (χ3v) is 6.67. The van der Waals surface area contributed by atoms with Gasteiger partial charge in [0.15, 0.2) is 6.10 Å². The monoisotopic (exact) mass is 566 g/mol. The molecule has 2 amide bonds. The van der Waals surface area contributed by atoms with E-state index in [-0.39, 0.29) is 31.5 Å². The Labute approximate surface area is 241 Å². The van der Waals surface area contributed by atoms with Gasteiger partial charge >= 0.3 is 12.0 Å². The Bertz CT molecular complexity index is 1280. The fourth-order valence-electron chi connectivity index (χ4n) is 4.18. The quantitative estimate of drug-likeness (QED) is 0.222. The van der Waals surface area contributed by atoms with Crippen LogP contribution in [0, 0.1) is 26.6 Å². The average molecular weight is 567 g/mol. The summed E-state index contributed by atoms with van der Waals surface area (Å²) < 4.78 is 30.1. The number of rotatable bonds is 15. The van der Waals surface area contributed by atoms with Crippen molar-refractivity contribution in [1.82, 2.24) is 4.90 Å². The number of benzene rings is 3. The van der Waals surface area contributed by atoms with Crippen molar-refractivity contribution in [2.24, 2.45) is 0 Å². The third-order valence-electron chi connectivity index (χ3n) is 6.67. The second-order valence-corrected chi connectivity index (χ2v) is 9.83. The molecule has 0 aliphatic rings. The minimum Gasteiger partial charge on any atom is -0.492 e.